The first-order valence-corrected chi connectivity index (χ1v) is 10.2. The number of nitrogens with zero attached hydrogens (tertiary/aromatic N) is 2. The maximum Gasteiger partial charge on any atom is 0.191 e. The van der Waals surface area contributed by atoms with Crippen LogP contribution in [0.2, 0.25) is 0 Å². The summed E-state index contributed by atoms with van der Waals surface area (Å²) in [5, 5.41) is 8.99. The predicted octanol–water partition coefficient (Wildman–Crippen LogP) is 3.14. The molecule has 0 bridgehead atoms. The molecule has 0 amide bonds. The topological polar surface area (TPSA) is 49.3 Å². The van der Waals surface area contributed by atoms with Crippen molar-refractivity contribution in [2.24, 2.45) is 4.99 Å². The lowest BCUT2D eigenvalue weighted by atomic mass is 9.95. The van der Waals surface area contributed by atoms with Crippen molar-refractivity contribution in [3.63, 3.8) is 0 Å². The number of guanidine groups is 1. The first-order chi connectivity index (χ1) is 10.6. The molecule has 0 aliphatic heterocycles. The Kier molecular flexibility index (Phi) is 7.02. The molecule has 1 saturated carbocycles. The van der Waals surface area contributed by atoms with Crippen molar-refractivity contribution in [2.45, 2.75) is 57.2 Å². The van der Waals surface area contributed by atoms with Gasteiger partial charge in [-0.05, 0) is 39.4 Å². The Bertz CT molecular complexity index is 498. The van der Waals surface area contributed by atoms with Crippen molar-refractivity contribution in [1.82, 2.24) is 15.6 Å². The van der Waals surface area contributed by atoms with E-state index in [0.29, 0.717) is 6.04 Å². The zero-order chi connectivity index (χ0) is 15.9. The molecule has 6 heteroatoms. The summed E-state index contributed by atoms with van der Waals surface area (Å²) < 4.78 is 0. The van der Waals surface area contributed by atoms with Crippen LogP contribution in [0.15, 0.2) is 4.99 Å². The van der Waals surface area contributed by atoms with Gasteiger partial charge in [0.1, 0.15) is 0 Å². The number of thiazole rings is 1. The molecule has 2 atom stereocenters. The van der Waals surface area contributed by atoms with E-state index in [1.807, 2.05) is 18.8 Å². The van der Waals surface area contributed by atoms with Crippen LogP contribution in [0.5, 0.6) is 0 Å². The van der Waals surface area contributed by atoms with Crippen molar-refractivity contribution in [1.29, 1.82) is 0 Å². The van der Waals surface area contributed by atoms with Crippen LogP contribution in [-0.2, 0) is 6.42 Å². The molecule has 0 spiro atoms. The van der Waals surface area contributed by atoms with E-state index in [1.54, 1.807) is 11.3 Å². The van der Waals surface area contributed by atoms with Gasteiger partial charge in [-0.1, -0.05) is 6.42 Å². The predicted molar refractivity (Wildman–Crippen MR) is 99.3 cm³/mol. The third-order valence-corrected chi connectivity index (χ3v) is 6.40. The Morgan fingerprint density at radius 3 is 2.86 bits per heavy atom. The molecule has 4 nitrogen and oxygen atoms in total. The lowest BCUT2D eigenvalue weighted by molar-refractivity contribution is 0.419. The number of nitrogens with one attached hydrogen (secondary N) is 2. The van der Waals surface area contributed by atoms with Gasteiger partial charge in [-0.15, -0.1) is 11.3 Å². The minimum absolute atomic E-state index is 0.560. The molecular formula is C16H28N4S2. The smallest absolute Gasteiger partial charge is 0.191 e. The highest BCUT2D eigenvalue weighted by atomic mass is 32.2. The first kappa shape index (κ1) is 17.6. The van der Waals surface area contributed by atoms with Crippen LogP contribution in [0, 0.1) is 13.8 Å². The Labute approximate surface area is 142 Å². The summed E-state index contributed by atoms with van der Waals surface area (Å²) in [6.45, 7) is 5.07. The molecule has 2 N–H and O–H groups in total. The third-order valence-electron chi connectivity index (χ3n) is 4.17. The van der Waals surface area contributed by atoms with E-state index in [0.717, 1.165) is 29.2 Å². The van der Waals surface area contributed by atoms with Crippen LogP contribution in [0.3, 0.4) is 0 Å². The van der Waals surface area contributed by atoms with Gasteiger partial charge in [-0.2, -0.15) is 11.8 Å². The molecular weight excluding hydrogens is 312 g/mol. The number of hydrogen-bond acceptors (Lipinski definition) is 4. The highest BCUT2D eigenvalue weighted by Crippen LogP contribution is 2.26. The SMILES string of the molecule is CN=C(NCCc1sc(C)nc1C)NC1CCCC(SC)C1. The van der Waals surface area contributed by atoms with Crippen LogP contribution in [0.1, 0.15) is 41.3 Å². The zero-order valence-electron chi connectivity index (χ0n) is 14.1. The van der Waals surface area contributed by atoms with Crippen LogP contribution in [-0.4, -0.2) is 42.1 Å². The van der Waals surface area contributed by atoms with Crippen molar-refractivity contribution in [3.05, 3.63) is 15.6 Å². The Morgan fingerprint density at radius 1 is 1.41 bits per heavy atom. The Hall–Kier alpha value is -0.750. The van der Waals surface area contributed by atoms with E-state index in [9.17, 15) is 0 Å². The average Bonchev–Trinajstić information content (AvgIpc) is 2.84. The Balaban J connectivity index is 1.76. The molecule has 2 unspecified atom stereocenters. The molecule has 0 saturated heterocycles. The molecule has 2 rings (SSSR count). The quantitative estimate of drug-likeness (QED) is 0.639. The van der Waals surface area contributed by atoms with Gasteiger partial charge >= 0.3 is 0 Å². The fourth-order valence-corrected chi connectivity index (χ4v) is 4.74. The molecule has 1 fully saturated rings. The summed E-state index contributed by atoms with van der Waals surface area (Å²) in [4.78, 5) is 10.2. The van der Waals surface area contributed by atoms with Gasteiger partial charge < -0.3 is 10.6 Å². The molecule has 0 radical (unpaired) electrons. The van der Waals surface area contributed by atoms with Gasteiger partial charge in [0, 0.05) is 36.2 Å². The standard InChI is InChI=1S/C16H28N4S2/c1-11-15(22-12(2)19-11)8-9-18-16(17-3)20-13-6-5-7-14(10-13)21-4/h13-14H,5-10H2,1-4H3,(H2,17,18,20). The molecule has 0 aromatic carbocycles. The van der Waals surface area contributed by atoms with Gasteiger partial charge in [0.05, 0.1) is 10.7 Å². The fourth-order valence-electron chi connectivity index (χ4n) is 2.98. The molecule has 1 aromatic heterocycles. The lowest BCUT2D eigenvalue weighted by Gasteiger charge is -2.29. The molecule has 1 aliphatic carbocycles. The second-order valence-corrected chi connectivity index (χ2v) is 8.28. The summed E-state index contributed by atoms with van der Waals surface area (Å²) in [5.74, 6) is 0.936. The lowest BCUT2D eigenvalue weighted by Crippen LogP contribution is -2.46. The van der Waals surface area contributed by atoms with E-state index in [2.05, 4.69) is 40.7 Å². The third kappa shape index (κ3) is 5.16. The summed E-state index contributed by atoms with van der Waals surface area (Å²) in [7, 11) is 1.85. The second kappa shape index (κ2) is 8.77. The number of aliphatic imine (C=N–C) groups is 1. The number of aryl methyl sites for hydroxylation is 2. The van der Waals surface area contributed by atoms with E-state index < -0.39 is 0 Å². The number of hydrogen-bond donors (Lipinski definition) is 2. The van der Waals surface area contributed by atoms with Crippen molar-refractivity contribution < 1.29 is 0 Å². The number of thioether (sulfide) groups is 1. The molecule has 1 heterocycles. The van der Waals surface area contributed by atoms with Gasteiger partial charge in [-0.3, -0.25) is 4.99 Å². The first-order valence-electron chi connectivity index (χ1n) is 8.05. The van der Waals surface area contributed by atoms with Crippen molar-refractivity contribution in [3.8, 4) is 0 Å². The number of aromatic nitrogens is 1. The normalized spacial score (nSPS) is 22.6. The van der Waals surface area contributed by atoms with Crippen LogP contribution < -0.4 is 10.6 Å². The van der Waals surface area contributed by atoms with E-state index in [-0.39, 0.29) is 0 Å². The van der Waals surface area contributed by atoms with E-state index in [4.69, 9.17) is 0 Å². The second-order valence-electron chi connectivity index (χ2n) is 5.86. The fraction of sp³-hybridized carbons (Fsp3) is 0.750. The molecule has 124 valence electrons. The number of rotatable bonds is 5. The molecule has 22 heavy (non-hydrogen) atoms. The average molecular weight is 341 g/mol. The van der Waals surface area contributed by atoms with Gasteiger partial charge in [0.2, 0.25) is 0 Å². The summed E-state index contributed by atoms with van der Waals surface area (Å²) in [6, 6.07) is 0.560. The monoisotopic (exact) mass is 340 g/mol. The van der Waals surface area contributed by atoms with E-state index in [1.165, 1.54) is 36.3 Å². The van der Waals surface area contributed by atoms with Gasteiger partial charge in [-0.25, -0.2) is 4.98 Å². The van der Waals surface area contributed by atoms with Gasteiger partial charge in [0.15, 0.2) is 5.96 Å². The summed E-state index contributed by atoms with van der Waals surface area (Å²) in [5.41, 5.74) is 1.17. The minimum atomic E-state index is 0.560. The maximum absolute atomic E-state index is 4.48. The summed E-state index contributed by atoms with van der Waals surface area (Å²) >= 11 is 3.80. The van der Waals surface area contributed by atoms with Crippen molar-refractivity contribution in [2.75, 3.05) is 19.8 Å². The van der Waals surface area contributed by atoms with Gasteiger partial charge in [0.25, 0.3) is 0 Å². The molecule has 1 aromatic rings. The van der Waals surface area contributed by atoms with E-state index >= 15 is 0 Å². The highest BCUT2D eigenvalue weighted by Gasteiger charge is 2.21. The largest absolute Gasteiger partial charge is 0.356 e. The van der Waals surface area contributed by atoms with Crippen molar-refractivity contribution >= 4 is 29.1 Å². The van der Waals surface area contributed by atoms with Crippen LogP contribution >= 0.6 is 23.1 Å². The Morgan fingerprint density at radius 2 is 2.23 bits per heavy atom. The highest BCUT2D eigenvalue weighted by molar-refractivity contribution is 7.99. The molecule has 1 aliphatic rings. The van der Waals surface area contributed by atoms with Crippen LogP contribution in [0.25, 0.3) is 0 Å². The maximum atomic E-state index is 4.48. The zero-order valence-corrected chi connectivity index (χ0v) is 15.7. The minimum Gasteiger partial charge on any atom is -0.356 e. The summed E-state index contributed by atoms with van der Waals surface area (Å²) in [6.07, 6.45) is 8.41. The van der Waals surface area contributed by atoms with Crippen LogP contribution in [0.4, 0.5) is 0 Å².